The molecular weight excluding hydrogens is 412 g/mol. The first-order valence-electron chi connectivity index (χ1n) is 12.6. The highest BCUT2D eigenvalue weighted by molar-refractivity contribution is 5.90. The van der Waals surface area contributed by atoms with Gasteiger partial charge in [0.1, 0.15) is 17.2 Å². The van der Waals surface area contributed by atoms with Crippen molar-refractivity contribution in [2.45, 2.75) is 97.5 Å². The molecule has 5 heteroatoms. The third kappa shape index (κ3) is 4.87. The molecule has 0 amide bonds. The maximum atomic E-state index is 13.2. The third-order valence-electron chi connectivity index (χ3n) is 7.80. The van der Waals surface area contributed by atoms with E-state index in [1.54, 1.807) is 0 Å². The molecule has 0 saturated heterocycles. The summed E-state index contributed by atoms with van der Waals surface area (Å²) in [7, 11) is 0. The quantitative estimate of drug-likeness (QED) is 0.483. The molecule has 0 bridgehead atoms. The number of aliphatic hydroxyl groups excluding tert-OH is 1. The van der Waals surface area contributed by atoms with Crippen LogP contribution in [-0.4, -0.2) is 26.6 Å². The molecule has 1 saturated carbocycles. The Labute approximate surface area is 197 Å². The van der Waals surface area contributed by atoms with Crippen molar-refractivity contribution in [3.8, 4) is 0 Å². The summed E-state index contributed by atoms with van der Waals surface area (Å²) in [5.74, 6) is 1.03. The lowest BCUT2D eigenvalue weighted by Crippen LogP contribution is -2.46. The van der Waals surface area contributed by atoms with Gasteiger partial charge in [-0.3, -0.25) is 0 Å². The van der Waals surface area contributed by atoms with Crippen LogP contribution in [0.3, 0.4) is 0 Å². The molecule has 1 unspecified atom stereocenters. The van der Waals surface area contributed by atoms with Crippen molar-refractivity contribution in [2.75, 3.05) is 0 Å². The molecule has 1 aliphatic heterocycles. The third-order valence-corrected chi connectivity index (χ3v) is 7.80. The summed E-state index contributed by atoms with van der Waals surface area (Å²) < 4.78 is 6.29. The maximum absolute atomic E-state index is 13.2. The number of aryl methyl sites for hydroxylation is 5. The number of H-pyrrole nitrogens is 1. The number of aromatic nitrogens is 2. The van der Waals surface area contributed by atoms with Crippen LogP contribution in [0.15, 0.2) is 29.5 Å². The second kappa shape index (κ2) is 9.74. The SMILES string of the molecule is CCc1nc(CC2=C(O)CC(CCc3ccc(C)c(CC)c3)(C3CCCC3)OC2=O)c(C)[nH]1. The molecule has 0 spiro atoms. The van der Waals surface area contributed by atoms with Gasteiger partial charge in [0, 0.05) is 25.0 Å². The van der Waals surface area contributed by atoms with Gasteiger partial charge in [0.05, 0.1) is 11.3 Å². The fourth-order valence-corrected chi connectivity index (χ4v) is 5.68. The number of ether oxygens (including phenoxy) is 1. The van der Waals surface area contributed by atoms with Crippen LogP contribution in [0.4, 0.5) is 0 Å². The highest BCUT2D eigenvalue weighted by atomic mass is 16.6. The minimum atomic E-state index is -0.617. The van der Waals surface area contributed by atoms with E-state index in [2.05, 4.69) is 42.0 Å². The van der Waals surface area contributed by atoms with Gasteiger partial charge in [0.25, 0.3) is 0 Å². The van der Waals surface area contributed by atoms with Gasteiger partial charge >= 0.3 is 5.97 Å². The Morgan fingerprint density at radius 2 is 1.94 bits per heavy atom. The number of hydrogen-bond acceptors (Lipinski definition) is 4. The van der Waals surface area contributed by atoms with Gasteiger partial charge in [-0.15, -0.1) is 0 Å². The van der Waals surface area contributed by atoms with Crippen molar-refractivity contribution >= 4 is 5.97 Å². The largest absolute Gasteiger partial charge is 0.512 e. The Morgan fingerprint density at radius 3 is 2.58 bits per heavy atom. The zero-order chi connectivity index (χ0) is 23.6. The highest BCUT2D eigenvalue weighted by Gasteiger charge is 2.48. The second-order valence-corrected chi connectivity index (χ2v) is 9.94. The number of aliphatic hydroxyl groups is 1. The number of imidazole rings is 1. The number of rotatable bonds is 8. The van der Waals surface area contributed by atoms with E-state index in [0.717, 1.165) is 68.6 Å². The summed E-state index contributed by atoms with van der Waals surface area (Å²) in [5, 5.41) is 11.1. The summed E-state index contributed by atoms with van der Waals surface area (Å²) in [6.45, 7) is 8.34. The van der Waals surface area contributed by atoms with E-state index in [-0.39, 0.29) is 11.7 Å². The van der Waals surface area contributed by atoms with Gasteiger partial charge in [-0.05, 0) is 68.6 Å². The van der Waals surface area contributed by atoms with E-state index in [4.69, 9.17) is 4.74 Å². The molecule has 1 aromatic heterocycles. The zero-order valence-electron chi connectivity index (χ0n) is 20.6. The average molecular weight is 451 g/mol. The molecule has 1 aliphatic carbocycles. The lowest BCUT2D eigenvalue weighted by molar-refractivity contribution is -0.167. The minimum absolute atomic E-state index is 0.191. The molecule has 1 aromatic carbocycles. The Kier molecular flexibility index (Phi) is 6.96. The van der Waals surface area contributed by atoms with Gasteiger partial charge in [-0.1, -0.05) is 44.9 Å². The fourth-order valence-electron chi connectivity index (χ4n) is 5.68. The molecule has 1 atom stereocenters. The lowest BCUT2D eigenvalue weighted by Gasteiger charge is -2.42. The lowest BCUT2D eigenvalue weighted by atomic mass is 9.76. The maximum Gasteiger partial charge on any atom is 0.338 e. The molecule has 178 valence electrons. The van der Waals surface area contributed by atoms with Gasteiger partial charge in [-0.25, -0.2) is 9.78 Å². The number of cyclic esters (lactones) is 1. The van der Waals surface area contributed by atoms with Crippen LogP contribution >= 0.6 is 0 Å². The van der Waals surface area contributed by atoms with E-state index >= 15 is 0 Å². The summed E-state index contributed by atoms with van der Waals surface area (Å²) >= 11 is 0. The first-order valence-corrected chi connectivity index (χ1v) is 12.6. The number of carbonyl (C=O) groups excluding carboxylic acids is 1. The van der Waals surface area contributed by atoms with E-state index in [1.165, 1.54) is 16.7 Å². The number of benzene rings is 1. The first-order chi connectivity index (χ1) is 15.8. The van der Waals surface area contributed by atoms with Crippen LogP contribution in [0.25, 0.3) is 0 Å². The van der Waals surface area contributed by atoms with Gasteiger partial charge in [0.2, 0.25) is 0 Å². The predicted octanol–water partition coefficient (Wildman–Crippen LogP) is 6.01. The van der Waals surface area contributed by atoms with Crippen molar-refractivity contribution in [1.29, 1.82) is 0 Å². The van der Waals surface area contributed by atoms with Crippen LogP contribution in [-0.2, 0) is 35.2 Å². The summed E-state index contributed by atoms with van der Waals surface area (Å²) in [5.41, 5.74) is 5.47. The Morgan fingerprint density at radius 1 is 1.18 bits per heavy atom. The highest BCUT2D eigenvalue weighted by Crippen LogP contribution is 2.46. The molecule has 5 nitrogen and oxygen atoms in total. The van der Waals surface area contributed by atoms with Gasteiger partial charge in [-0.2, -0.15) is 0 Å². The van der Waals surface area contributed by atoms with Crippen LogP contribution < -0.4 is 0 Å². The number of esters is 1. The molecular formula is C28H38N2O3. The normalized spacial score (nSPS) is 21.6. The summed E-state index contributed by atoms with van der Waals surface area (Å²) in [4.78, 5) is 21.1. The smallest absolute Gasteiger partial charge is 0.338 e. The summed E-state index contributed by atoms with van der Waals surface area (Å²) in [6, 6.07) is 6.67. The standard InChI is InChI=1S/C28H38N2O3/c1-5-21-15-20(12-11-18(21)3)13-14-28(22-9-7-8-10-22)17-25(31)23(27(32)33-28)16-24-19(4)29-26(6-2)30-24/h11-12,15,22,31H,5-10,13-14,16-17H2,1-4H3,(H,29,30). The Balaban J connectivity index is 1.58. The van der Waals surface area contributed by atoms with E-state index in [0.29, 0.717) is 24.3 Å². The molecule has 2 heterocycles. The van der Waals surface area contributed by atoms with Crippen molar-refractivity contribution in [1.82, 2.24) is 9.97 Å². The zero-order valence-corrected chi connectivity index (χ0v) is 20.6. The molecule has 2 aromatic rings. The summed E-state index contributed by atoms with van der Waals surface area (Å²) in [6.07, 6.45) is 8.58. The number of carbonyl (C=O) groups is 1. The second-order valence-electron chi connectivity index (χ2n) is 9.94. The number of hydrogen-bond donors (Lipinski definition) is 2. The van der Waals surface area contributed by atoms with Crippen LogP contribution in [0.2, 0.25) is 0 Å². The first kappa shape index (κ1) is 23.6. The molecule has 2 aliphatic rings. The predicted molar refractivity (Wildman–Crippen MR) is 130 cm³/mol. The van der Waals surface area contributed by atoms with Gasteiger partial charge < -0.3 is 14.8 Å². The number of aromatic amines is 1. The van der Waals surface area contributed by atoms with Crippen LogP contribution in [0.1, 0.15) is 86.3 Å². The topological polar surface area (TPSA) is 75.2 Å². The monoisotopic (exact) mass is 450 g/mol. The van der Waals surface area contributed by atoms with Crippen LogP contribution in [0.5, 0.6) is 0 Å². The number of nitrogens with one attached hydrogen (secondary N) is 1. The number of nitrogens with zero attached hydrogens (tertiary/aromatic N) is 1. The average Bonchev–Trinajstić information content (AvgIpc) is 3.46. The van der Waals surface area contributed by atoms with E-state index in [9.17, 15) is 9.90 Å². The molecule has 2 N–H and O–H groups in total. The molecule has 0 radical (unpaired) electrons. The van der Waals surface area contributed by atoms with E-state index in [1.807, 2.05) is 13.8 Å². The Bertz CT molecular complexity index is 1050. The van der Waals surface area contributed by atoms with Crippen molar-refractivity contribution in [2.24, 2.45) is 5.92 Å². The minimum Gasteiger partial charge on any atom is -0.512 e. The fraction of sp³-hybridized carbons (Fsp3) is 0.571. The molecule has 33 heavy (non-hydrogen) atoms. The molecule has 4 rings (SSSR count). The Hall–Kier alpha value is -2.56. The van der Waals surface area contributed by atoms with Crippen molar-refractivity contribution < 1.29 is 14.6 Å². The van der Waals surface area contributed by atoms with Gasteiger partial charge in [0.15, 0.2) is 0 Å². The van der Waals surface area contributed by atoms with Crippen molar-refractivity contribution in [3.05, 3.63) is 63.4 Å². The van der Waals surface area contributed by atoms with Crippen molar-refractivity contribution in [3.63, 3.8) is 0 Å². The molecule has 1 fully saturated rings. The van der Waals surface area contributed by atoms with Crippen LogP contribution in [0, 0.1) is 19.8 Å². The van der Waals surface area contributed by atoms with E-state index < -0.39 is 5.60 Å².